The van der Waals surface area contributed by atoms with Gasteiger partial charge in [0, 0.05) is 12.7 Å². The Bertz CT molecular complexity index is 540. The van der Waals surface area contributed by atoms with Crippen molar-refractivity contribution in [3.8, 4) is 6.07 Å². The van der Waals surface area contributed by atoms with Gasteiger partial charge in [0.15, 0.2) is 0 Å². The van der Waals surface area contributed by atoms with Crippen LogP contribution in [0, 0.1) is 11.3 Å². The molecule has 0 saturated carbocycles. The summed E-state index contributed by atoms with van der Waals surface area (Å²) in [5.74, 6) is 1.34. The van der Waals surface area contributed by atoms with E-state index in [1.807, 2.05) is 12.1 Å². The van der Waals surface area contributed by atoms with Gasteiger partial charge in [0.05, 0.1) is 5.56 Å². The van der Waals surface area contributed by atoms with E-state index in [1.54, 1.807) is 12.3 Å². The lowest BCUT2D eigenvalue weighted by Gasteiger charge is -2.12. The van der Waals surface area contributed by atoms with Gasteiger partial charge in [-0.2, -0.15) is 5.26 Å². The molecule has 0 saturated heterocycles. The third-order valence-electron chi connectivity index (χ3n) is 3.14. The molecule has 0 aliphatic rings. The summed E-state index contributed by atoms with van der Waals surface area (Å²) < 4.78 is 0. The average Bonchev–Trinajstić information content (AvgIpc) is 2.49. The molecule has 0 radical (unpaired) electrons. The highest BCUT2D eigenvalue weighted by Gasteiger charge is 2.04. The topological polar surface area (TPSA) is 48.7 Å². The van der Waals surface area contributed by atoms with Crippen molar-refractivity contribution >= 4 is 5.82 Å². The van der Waals surface area contributed by atoms with Gasteiger partial charge in [0.25, 0.3) is 0 Å². The summed E-state index contributed by atoms with van der Waals surface area (Å²) in [4.78, 5) is 4.19. The molecule has 1 N–H and O–H groups in total. The first kappa shape index (κ1) is 13.1. The average molecular weight is 251 g/mol. The van der Waals surface area contributed by atoms with Crippen LogP contribution in [0.15, 0.2) is 48.7 Å². The van der Waals surface area contributed by atoms with E-state index in [9.17, 15) is 0 Å². The van der Waals surface area contributed by atoms with Crippen molar-refractivity contribution in [2.45, 2.75) is 19.3 Å². The molecule has 1 heterocycles. The standard InChI is InChI=1S/C16H17N3/c1-13(15-5-3-2-4-6-15)9-10-18-16-8-7-14(11-17)12-19-16/h2-8,12-13H,9-10H2,1H3,(H,18,19). The third kappa shape index (κ3) is 3.82. The van der Waals surface area contributed by atoms with Crippen LogP contribution in [-0.2, 0) is 0 Å². The van der Waals surface area contributed by atoms with E-state index >= 15 is 0 Å². The van der Waals surface area contributed by atoms with Gasteiger partial charge in [-0.1, -0.05) is 37.3 Å². The summed E-state index contributed by atoms with van der Waals surface area (Å²) >= 11 is 0. The van der Waals surface area contributed by atoms with E-state index in [-0.39, 0.29) is 0 Å². The van der Waals surface area contributed by atoms with Crippen LogP contribution in [0.25, 0.3) is 0 Å². The molecule has 0 fully saturated rings. The molecule has 0 amide bonds. The summed E-state index contributed by atoms with van der Waals surface area (Å²) in [7, 11) is 0. The van der Waals surface area contributed by atoms with Crippen molar-refractivity contribution in [3.05, 3.63) is 59.8 Å². The van der Waals surface area contributed by atoms with Crippen LogP contribution in [0.5, 0.6) is 0 Å². The zero-order valence-electron chi connectivity index (χ0n) is 11.0. The number of anilines is 1. The van der Waals surface area contributed by atoms with Crippen LogP contribution in [0.4, 0.5) is 5.82 Å². The molecule has 96 valence electrons. The van der Waals surface area contributed by atoms with Crippen LogP contribution < -0.4 is 5.32 Å². The Morgan fingerprint density at radius 3 is 2.63 bits per heavy atom. The normalized spacial score (nSPS) is 11.6. The fourth-order valence-electron chi connectivity index (χ4n) is 1.93. The molecule has 2 aromatic rings. The number of benzene rings is 1. The zero-order valence-corrected chi connectivity index (χ0v) is 11.0. The van der Waals surface area contributed by atoms with E-state index in [1.165, 1.54) is 5.56 Å². The first-order valence-electron chi connectivity index (χ1n) is 6.44. The van der Waals surface area contributed by atoms with E-state index < -0.39 is 0 Å². The monoisotopic (exact) mass is 251 g/mol. The van der Waals surface area contributed by atoms with Crippen molar-refractivity contribution < 1.29 is 0 Å². The number of nitrogens with zero attached hydrogens (tertiary/aromatic N) is 2. The van der Waals surface area contributed by atoms with E-state index in [0.29, 0.717) is 11.5 Å². The second-order valence-electron chi connectivity index (χ2n) is 4.57. The molecule has 19 heavy (non-hydrogen) atoms. The van der Waals surface area contributed by atoms with Gasteiger partial charge in [-0.25, -0.2) is 4.98 Å². The Kier molecular flexibility index (Phi) is 4.52. The first-order valence-corrected chi connectivity index (χ1v) is 6.44. The smallest absolute Gasteiger partial charge is 0.125 e. The predicted molar refractivity (Wildman–Crippen MR) is 76.9 cm³/mol. The van der Waals surface area contributed by atoms with Crippen molar-refractivity contribution in [1.29, 1.82) is 5.26 Å². The number of hydrogen-bond acceptors (Lipinski definition) is 3. The minimum Gasteiger partial charge on any atom is -0.370 e. The maximum Gasteiger partial charge on any atom is 0.125 e. The molecular weight excluding hydrogens is 234 g/mol. The molecule has 1 aromatic heterocycles. The third-order valence-corrected chi connectivity index (χ3v) is 3.14. The van der Waals surface area contributed by atoms with Crippen LogP contribution in [0.1, 0.15) is 30.4 Å². The van der Waals surface area contributed by atoms with Crippen molar-refractivity contribution in [2.24, 2.45) is 0 Å². The van der Waals surface area contributed by atoms with Gasteiger partial charge in [-0.15, -0.1) is 0 Å². The summed E-state index contributed by atoms with van der Waals surface area (Å²) in [5.41, 5.74) is 1.94. The highest BCUT2D eigenvalue weighted by molar-refractivity contribution is 5.38. The molecule has 1 atom stereocenters. The number of pyridine rings is 1. The molecule has 3 nitrogen and oxygen atoms in total. The van der Waals surface area contributed by atoms with Gasteiger partial charge in [-0.3, -0.25) is 0 Å². The molecule has 0 aliphatic heterocycles. The Labute approximate surface area is 113 Å². The number of rotatable bonds is 5. The SMILES string of the molecule is CC(CCNc1ccc(C#N)cn1)c1ccccc1. The number of nitrogens with one attached hydrogen (secondary N) is 1. The lowest BCUT2D eigenvalue weighted by molar-refractivity contribution is 0.705. The van der Waals surface area contributed by atoms with E-state index in [4.69, 9.17) is 5.26 Å². The number of aromatic nitrogens is 1. The fraction of sp³-hybridized carbons (Fsp3) is 0.250. The second-order valence-corrected chi connectivity index (χ2v) is 4.57. The molecule has 3 heteroatoms. The molecule has 2 rings (SSSR count). The van der Waals surface area contributed by atoms with Gasteiger partial charge in [-0.05, 0) is 30.0 Å². The van der Waals surface area contributed by atoms with Gasteiger partial charge in [0.1, 0.15) is 11.9 Å². The second kappa shape index (κ2) is 6.55. The van der Waals surface area contributed by atoms with Crippen LogP contribution >= 0.6 is 0 Å². The van der Waals surface area contributed by atoms with E-state index in [2.05, 4.69) is 47.6 Å². The zero-order chi connectivity index (χ0) is 13.5. The summed E-state index contributed by atoms with van der Waals surface area (Å²) in [6.07, 6.45) is 2.63. The largest absolute Gasteiger partial charge is 0.370 e. The van der Waals surface area contributed by atoms with Crippen molar-refractivity contribution in [3.63, 3.8) is 0 Å². The molecule has 1 aromatic carbocycles. The van der Waals surface area contributed by atoms with Gasteiger partial charge < -0.3 is 5.32 Å². The van der Waals surface area contributed by atoms with Gasteiger partial charge >= 0.3 is 0 Å². The summed E-state index contributed by atoms with van der Waals surface area (Å²) in [6, 6.07) is 16.2. The Morgan fingerprint density at radius 1 is 1.21 bits per heavy atom. The van der Waals surface area contributed by atoms with E-state index in [0.717, 1.165) is 18.8 Å². The highest BCUT2D eigenvalue weighted by Crippen LogP contribution is 2.18. The first-order chi connectivity index (χ1) is 9.29. The minimum atomic E-state index is 0.520. The lowest BCUT2D eigenvalue weighted by Crippen LogP contribution is -2.07. The minimum absolute atomic E-state index is 0.520. The predicted octanol–water partition coefficient (Wildman–Crippen LogP) is 3.56. The van der Waals surface area contributed by atoms with Crippen LogP contribution in [-0.4, -0.2) is 11.5 Å². The molecule has 0 aliphatic carbocycles. The van der Waals surface area contributed by atoms with Crippen molar-refractivity contribution in [2.75, 3.05) is 11.9 Å². The number of hydrogen-bond donors (Lipinski definition) is 1. The molecule has 0 spiro atoms. The summed E-state index contributed by atoms with van der Waals surface area (Å²) in [5, 5.41) is 12.0. The molecule has 1 unspecified atom stereocenters. The summed E-state index contributed by atoms with van der Waals surface area (Å²) in [6.45, 7) is 3.10. The fourth-order valence-corrected chi connectivity index (χ4v) is 1.93. The maximum absolute atomic E-state index is 8.69. The van der Waals surface area contributed by atoms with Crippen LogP contribution in [0.3, 0.4) is 0 Å². The Morgan fingerprint density at radius 2 is 2.00 bits per heavy atom. The quantitative estimate of drug-likeness (QED) is 0.884. The van der Waals surface area contributed by atoms with Gasteiger partial charge in [0.2, 0.25) is 0 Å². The molecular formula is C16H17N3. The Hall–Kier alpha value is -2.34. The maximum atomic E-state index is 8.69. The lowest BCUT2D eigenvalue weighted by atomic mass is 9.98. The Balaban J connectivity index is 1.81. The van der Waals surface area contributed by atoms with Crippen molar-refractivity contribution in [1.82, 2.24) is 4.98 Å². The highest BCUT2D eigenvalue weighted by atomic mass is 15.0. The number of nitriles is 1. The van der Waals surface area contributed by atoms with Crippen LogP contribution in [0.2, 0.25) is 0 Å². The molecule has 0 bridgehead atoms.